The van der Waals surface area contributed by atoms with Crippen LogP contribution in [0.3, 0.4) is 0 Å². The third kappa shape index (κ3) is 3.03. The second-order valence-electron chi connectivity index (χ2n) is 7.58. The molecule has 0 saturated carbocycles. The van der Waals surface area contributed by atoms with E-state index in [1.54, 1.807) is 0 Å². The first-order valence-electron chi connectivity index (χ1n) is 7.49. The molecular weight excluding hydrogens is 244 g/mol. The Bertz CT molecular complexity index is 520. The van der Waals surface area contributed by atoms with Crippen LogP contribution in [0.4, 0.5) is 0 Å². The number of hydrogen-bond acceptors (Lipinski definition) is 1. The summed E-state index contributed by atoms with van der Waals surface area (Å²) in [5.41, 5.74) is 2.19. The molecule has 1 aliphatic rings. The Labute approximate surface area is 123 Å². The van der Waals surface area contributed by atoms with E-state index < -0.39 is 0 Å². The number of allylic oxidation sites excluding steroid dienone is 2. The predicted molar refractivity (Wildman–Crippen MR) is 84.8 cm³/mol. The molecule has 0 saturated heterocycles. The van der Waals surface area contributed by atoms with Gasteiger partial charge in [-0.15, -0.1) is 0 Å². The van der Waals surface area contributed by atoms with Crippen LogP contribution in [-0.2, 0) is 0 Å². The van der Waals surface area contributed by atoms with Gasteiger partial charge in [0.15, 0.2) is 5.78 Å². The summed E-state index contributed by atoms with van der Waals surface area (Å²) in [7, 11) is 0. The van der Waals surface area contributed by atoms with Crippen molar-refractivity contribution in [3.05, 3.63) is 47.5 Å². The van der Waals surface area contributed by atoms with Gasteiger partial charge in [0.1, 0.15) is 0 Å². The van der Waals surface area contributed by atoms with Crippen LogP contribution in [0.25, 0.3) is 0 Å². The average Bonchev–Trinajstić information content (AvgIpc) is 2.36. The minimum Gasteiger partial charge on any atom is -0.294 e. The molecule has 1 aromatic carbocycles. The fraction of sp³-hybridized carbons (Fsp3) is 0.526. The van der Waals surface area contributed by atoms with Crippen LogP contribution in [0.2, 0.25) is 0 Å². The molecule has 1 aliphatic carbocycles. The Kier molecular flexibility index (Phi) is 3.90. The Hall–Kier alpha value is -1.37. The molecule has 1 unspecified atom stereocenters. The first-order valence-corrected chi connectivity index (χ1v) is 7.49. The van der Waals surface area contributed by atoms with Crippen LogP contribution in [-0.4, -0.2) is 5.78 Å². The van der Waals surface area contributed by atoms with Crippen molar-refractivity contribution < 1.29 is 4.79 Å². The van der Waals surface area contributed by atoms with E-state index in [9.17, 15) is 4.79 Å². The molecule has 0 N–H and O–H groups in total. The van der Waals surface area contributed by atoms with Crippen LogP contribution in [0, 0.1) is 16.7 Å². The molecule has 1 atom stereocenters. The number of carbonyl (C=O) groups excluding carboxylic acids is 1. The maximum Gasteiger partial charge on any atom is 0.169 e. The summed E-state index contributed by atoms with van der Waals surface area (Å²) < 4.78 is 0. The molecule has 2 rings (SSSR count). The van der Waals surface area contributed by atoms with Gasteiger partial charge in [0.25, 0.3) is 0 Å². The van der Waals surface area contributed by atoms with Gasteiger partial charge in [-0.25, -0.2) is 0 Å². The molecule has 1 heteroatoms. The first kappa shape index (κ1) is 15.0. The third-order valence-corrected chi connectivity index (χ3v) is 4.56. The van der Waals surface area contributed by atoms with Gasteiger partial charge in [-0.1, -0.05) is 69.7 Å². The van der Waals surface area contributed by atoms with Crippen LogP contribution in [0.1, 0.15) is 57.8 Å². The van der Waals surface area contributed by atoms with Gasteiger partial charge in [-0.2, -0.15) is 0 Å². The van der Waals surface area contributed by atoms with Crippen molar-refractivity contribution in [2.45, 2.75) is 47.5 Å². The molecule has 1 nitrogen and oxygen atoms in total. The summed E-state index contributed by atoms with van der Waals surface area (Å²) in [6.07, 6.45) is 4.54. The quantitative estimate of drug-likeness (QED) is 0.539. The number of rotatable bonds is 3. The Morgan fingerprint density at radius 1 is 1.20 bits per heavy atom. The van der Waals surface area contributed by atoms with Crippen molar-refractivity contribution in [2.24, 2.45) is 16.7 Å². The van der Waals surface area contributed by atoms with Crippen molar-refractivity contribution in [1.29, 1.82) is 0 Å². The van der Waals surface area contributed by atoms with Crippen molar-refractivity contribution in [2.75, 3.05) is 0 Å². The Balaban J connectivity index is 2.31. The first-order chi connectivity index (χ1) is 9.22. The summed E-state index contributed by atoms with van der Waals surface area (Å²) in [5.74, 6) is 0.573. The highest BCUT2D eigenvalue weighted by atomic mass is 16.1. The molecule has 108 valence electrons. The highest BCUT2D eigenvalue weighted by Gasteiger charge is 2.40. The monoisotopic (exact) mass is 270 g/mol. The largest absolute Gasteiger partial charge is 0.294 e. The second-order valence-corrected chi connectivity index (χ2v) is 7.58. The zero-order valence-corrected chi connectivity index (χ0v) is 13.4. The van der Waals surface area contributed by atoms with Crippen LogP contribution < -0.4 is 0 Å². The van der Waals surface area contributed by atoms with Crippen LogP contribution in [0.5, 0.6) is 0 Å². The lowest BCUT2D eigenvalue weighted by Crippen LogP contribution is -2.37. The fourth-order valence-corrected chi connectivity index (χ4v) is 3.48. The lowest BCUT2D eigenvalue weighted by molar-refractivity contribution is 0.0721. The van der Waals surface area contributed by atoms with Gasteiger partial charge in [0.2, 0.25) is 0 Å². The molecule has 20 heavy (non-hydrogen) atoms. The molecule has 1 aromatic rings. The minimum atomic E-state index is -0.347. The van der Waals surface area contributed by atoms with E-state index in [0.717, 1.165) is 18.4 Å². The van der Waals surface area contributed by atoms with Gasteiger partial charge >= 0.3 is 0 Å². The van der Waals surface area contributed by atoms with E-state index in [-0.39, 0.29) is 16.6 Å². The predicted octanol–water partition coefficient (Wildman–Crippen LogP) is 5.28. The number of carbonyl (C=O) groups is 1. The third-order valence-electron chi connectivity index (χ3n) is 4.56. The summed E-state index contributed by atoms with van der Waals surface area (Å²) in [6.45, 7) is 11.0. The second kappa shape index (κ2) is 5.20. The lowest BCUT2D eigenvalue weighted by atomic mass is 9.63. The summed E-state index contributed by atoms with van der Waals surface area (Å²) in [5, 5.41) is 0. The van der Waals surface area contributed by atoms with Crippen molar-refractivity contribution in [3.63, 3.8) is 0 Å². The highest BCUT2D eigenvalue weighted by Crippen LogP contribution is 2.46. The van der Waals surface area contributed by atoms with Crippen LogP contribution in [0.15, 0.2) is 42.0 Å². The molecule has 0 heterocycles. The van der Waals surface area contributed by atoms with E-state index in [1.807, 2.05) is 30.3 Å². The minimum absolute atomic E-state index is 0.254. The number of ketones is 1. The molecular formula is C19H26O. The van der Waals surface area contributed by atoms with E-state index >= 15 is 0 Å². The molecule has 0 amide bonds. The maximum atomic E-state index is 12.9. The van der Waals surface area contributed by atoms with Crippen molar-refractivity contribution in [1.82, 2.24) is 0 Å². The van der Waals surface area contributed by atoms with Gasteiger partial charge in [-0.05, 0) is 31.1 Å². The topological polar surface area (TPSA) is 17.1 Å². The van der Waals surface area contributed by atoms with Gasteiger partial charge < -0.3 is 0 Å². The van der Waals surface area contributed by atoms with Crippen molar-refractivity contribution in [3.8, 4) is 0 Å². The van der Waals surface area contributed by atoms with E-state index in [2.05, 4.69) is 40.7 Å². The van der Waals surface area contributed by atoms with Gasteiger partial charge in [0, 0.05) is 11.0 Å². The normalized spacial score (nSPS) is 22.2. The fourth-order valence-electron chi connectivity index (χ4n) is 3.48. The summed E-state index contributed by atoms with van der Waals surface area (Å²) in [6, 6.07) is 9.69. The standard InChI is InChI=1S/C19H26O/c1-14-11-16(13-18(2,3)12-14)19(4,5)17(20)15-9-7-6-8-10-15/h6-11,16H,12-13H2,1-5H3. The van der Waals surface area contributed by atoms with E-state index in [1.165, 1.54) is 5.57 Å². The molecule has 0 aliphatic heterocycles. The Morgan fingerprint density at radius 2 is 1.80 bits per heavy atom. The number of benzene rings is 1. The lowest BCUT2D eigenvalue weighted by Gasteiger charge is -2.41. The van der Waals surface area contributed by atoms with Crippen molar-refractivity contribution >= 4 is 5.78 Å². The molecule has 0 bridgehead atoms. The zero-order valence-electron chi connectivity index (χ0n) is 13.4. The molecule has 0 aromatic heterocycles. The van der Waals surface area contributed by atoms with Crippen LogP contribution >= 0.6 is 0 Å². The highest BCUT2D eigenvalue weighted by molar-refractivity contribution is 6.00. The average molecular weight is 270 g/mol. The SMILES string of the molecule is CC1=CC(C(C)(C)C(=O)c2ccccc2)CC(C)(C)C1. The number of hydrogen-bond donors (Lipinski definition) is 0. The van der Waals surface area contributed by atoms with E-state index in [0.29, 0.717) is 5.92 Å². The Morgan fingerprint density at radius 3 is 2.35 bits per heavy atom. The van der Waals surface area contributed by atoms with Gasteiger partial charge in [0.05, 0.1) is 0 Å². The zero-order chi connectivity index (χ0) is 15.0. The smallest absolute Gasteiger partial charge is 0.169 e. The summed E-state index contributed by atoms with van der Waals surface area (Å²) in [4.78, 5) is 12.9. The summed E-state index contributed by atoms with van der Waals surface area (Å²) >= 11 is 0. The number of Topliss-reactive ketones (excluding diaryl/α,β-unsaturated/α-hetero) is 1. The van der Waals surface area contributed by atoms with Gasteiger partial charge in [-0.3, -0.25) is 4.79 Å². The van der Waals surface area contributed by atoms with E-state index in [4.69, 9.17) is 0 Å². The molecule has 0 spiro atoms. The molecule has 0 fully saturated rings. The maximum absolute atomic E-state index is 12.9. The molecule has 0 radical (unpaired) electrons.